The lowest BCUT2D eigenvalue weighted by Gasteiger charge is -2.39. The molecule has 23 heavy (non-hydrogen) atoms. The molecule has 2 unspecified atom stereocenters. The molecule has 1 spiro atoms. The first-order valence-corrected chi connectivity index (χ1v) is 8.24. The van der Waals surface area contributed by atoms with Gasteiger partial charge in [-0.15, -0.1) is 0 Å². The number of nitrogens with zero attached hydrogens (tertiary/aromatic N) is 2. The lowest BCUT2D eigenvalue weighted by molar-refractivity contribution is -0.138. The van der Waals surface area contributed by atoms with E-state index in [0.29, 0.717) is 25.5 Å². The molecule has 126 valence electrons. The molecule has 2 aliphatic rings. The number of aromatic nitrogens is 1. The molecule has 0 saturated carbocycles. The molecule has 1 amide bonds. The summed E-state index contributed by atoms with van der Waals surface area (Å²) in [5.74, 6) is -0.369. The van der Waals surface area contributed by atoms with Gasteiger partial charge in [-0.1, -0.05) is 0 Å². The van der Waals surface area contributed by atoms with Crippen LogP contribution in [0.25, 0.3) is 0 Å². The molecule has 2 aliphatic heterocycles. The average molecular weight is 322 g/mol. The smallest absolute Gasteiger partial charge is 0.228 e. The molecular formula is C17H23FN2O3. The van der Waals surface area contributed by atoms with Gasteiger partial charge in [0.1, 0.15) is 5.82 Å². The summed E-state index contributed by atoms with van der Waals surface area (Å²) in [4.78, 5) is 18.3. The zero-order chi connectivity index (χ0) is 16.3. The van der Waals surface area contributed by atoms with Crippen molar-refractivity contribution in [3.63, 3.8) is 0 Å². The van der Waals surface area contributed by atoms with Crippen LogP contribution in [0.1, 0.15) is 31.9 Å². The van der Waals surface area contributed by atoms with Gasteiger partial charge in [-0.05, 0) is 31.9 Å². The van der Waals surface area contributed by atoms with Crippen LogP contribution in [-0.4, -0.2) is 53.8 Å². The van der Waals surface area contributed by atoms with Gasteiger partial charge in [0, 0.05) is 31.8 Å². The number of piperidine rings is 1. The molecule has 0 aromatic carbocycles. The first-order valence-electron chi connectivity index (χ1n) is 8.24. The lowest BCUT2D eigenvalue weighted by Crippen LogP contribution is -2.50. The Labute approximate surface area is 135 Å². The topological polar surface area (TPSA) is 51.7 Å². The molecule has 6 heteroatoms. The van der Waals surface area contributed by atoms with Crippen molar-refractivity contribution in [2.45, 2.75) is 44.3 Å². The van der Waals surface area contributed by atoms with Crippen molar-refractivity contribution in [1.82, 2.24) is 9.88 Å². The van der Waals surface area contributed by atoms with Crippen LogP contribution in [0.2, 0.25) is 0 Å². The number of halogens is 1. The summed E-state index contributed by atoms with van der Waals surface area (Å²) in [6.07, 6.45) is 4.22. The van der Waals surface area contributed by atoms with Gasteiger partial charge in [0.15, 0.2) is 0 Å². The lowest BCUT2D eigenvalue weighted by atomic mass is 9.89. The molecule has 2 atom stereocenters. The summed E-state index contributed by atoms with van der Waals surface area (Å²) in [5, 5.41) is 0. The Bertz CT molecular complexity index is 551. The maximum Gasteiger partial charge on any atom is 0.228 e. The molecule has 0 N–H and O–H groups in total. The van der Waals surface area contributed by atoms with Gasteiger partial charge in [0.05, 0.1) is 30.9 Å². The minimum Gasteiger partial charge on any atom is -0.376 e. The highest BCUT2D eigenvalue weighted by Crippen LogP contribution is 2.35. The molecule has 1 aromatic heterocycles. The number of ether oxygens (including phenoxy) is 2. The van der Waals surface area contributed by atoms with Crippen molar-refractivity contribution in [2.24, 2.45) is 0 Å². The maximum atomic E-state index is 12.9. The van der Waals surface area contributed by atoms with E-state index in [2.05, 4.69) is 4.98 Å². The number of carbonyl (C=O) groups is 1. The van der Waals surface area contributed by atoms with Gasteiger partial charge in [-0.2, -0.15) is 0 Å². The van der Waals surface area contributed by atoms with Crippen molar-refractivity contribution >= 4 is 5.91 Å². The first-order chi connectivity index (χ1) is 11.1. The van der Waals surface area contributed by atoms with Crippen LogP contribution < -0.4 is 0 Å². The van der Waals surface area contributed by atoms with E-state index >= 15 is 0 Å². The van der Waals surface area contributed by atoms with E-state index in [0.717, 1.165) is 32.0 Å². The highest BCUT2D eigenvalue weighted by molar-refractivity contribution is 5.78. The third-order valence-corrected chi connectivity index (χ3v) is 4.59. The average Bonchev–Trinajstić information content (AvgIpc) is 2.92. The van der Waals surface area contributed by atoms with E-state index in [1.807, 2.05) is 11.8 Å². The predicted molar refractivity (Wildman–Crippen MR) is 82.4 cm³/mol. The Morgan fingerprint density at radius 1 is 1.57 bits per heavy atom. The Morgan fingerprint density at radius 2 is 2.43 bits per heavy atom. The molecule has 0 radical (unpaired) electrons. The fraction of sp³-hybridized carbons (Fsp3) is 0.647. The van der Waals surface area contributed by atoms with Crippen molar-refractivity contribution in [3.8, 4) is 0 Å². The first kappa shape index (κ1) is 16.3. The van der Waals surface area contributed by atoms with E-state index in [4.69, 9.17) is 9.47 Å². The zero-order valence-corrected chi connectivity index (χ0v) is 13.5. The van der Waals surface area contributed by atoms with Crippen molar-refractivity contribution in [2.75, 3.05) is 26.3 Å². The molecule has 2 fully saturated rings. The van der Waals surface area contributed by atoms with E-state index in [1.165, 1.54) is 6.07 Å². The fourth-order valence-electron chi connectivity index (χ4n) is 3.52. The third kappa shape index (κ3) is 3.87. The summed E-state index contributed by atoms with van der Waals surface area (Å²) < 4.78 is 24.6. The second kappa shape index (κ2) is 6.93. The van der Waals surface area contributed by atoms with Crippen molar-refractivity contribution in [1.29, 1.82) is 0 Å². The van der Waals surface area contributed by atoms with Gasteiger partial charge in [0.2, 0.25) is 5.91 Å². The summed E-state index contributed by atoms with van der Waals surface area (Å²) in [6, 6.07) is 2.89. The van der Waals surface area contributed by atoms with E-state index < -0.39 is 0 Å². The Morgan fingerprint density at radius 3 is 3.17 bits per heavy atom. The van der Waals surface area contributed by atoms with Crippen LogP contribution in [0.4, 0.5) is 4.39 Å². The molecular weight excluding hydrogens is 299 g/mol. The molecule has 5 nitrogen and oxygen atoms in total. The van der Waals surface area contributed by atoms with Crippen LogP contribution in [0.15, 0.2) is 18.3 Å². The van der Waals surface area contributed by atoms with Crippen molar-refractivity contribution < 1.29 is 18.7 Å². The summed E-state index contributed by atoms with van der Waals surface area (Å²) in [6.45, 7) is 4.62. The molecule has 0 aliphatic carbocycles. The monoisotopic (exact) mass is 322 g/mol. The highest BCUT2D eigenvalue weighted by Gasteiger charge is 2.44. The molecule has 0 bridgehead atoms. The van der Waals surface area contributed by atoms with Gasteiger partial charge >= 0.3 is 0 Å². The number of hydrogen-bond donors (Lipinski definition) is 0. The molecule has 2 saturated heterocycles. The van der Waals surface area contributed by atoms with E-state index in [1.54, 1.807) is 6.07 Å². The largest absolute Gasteiger partial charge is 0.376 e. The number of rotatable bonds is 4. The third-order valence-electron chi connectivity index (χ3n) is 4.59. The summed E-state index contributed by atoms with van der Waals surface area (Å²) in [7, 11) is 0. The van der Waals surface area contributed by atoms with Gasteiger partial charge in [0.25, 0.3) is 0 Å². The van der Waals surface area contributed by atoms with Crippen LogP contribution in [-0.2, 0) is 20.7 Å². The second-order valence-corrected chi connectivity index (χ2v) is 6.34. The standard InChI is InChI=1S/C17H23FN2O3/c1-2-22-15-9-17(23-11-15)6-3-7-20(12-17)16(21)8-14-5-4-13(18)10-19-14/h4-5,10,15H,2-3,6-9,11-12H2,1H3. The van der Waals surface area contributed by atoms with Crippen LogP contribution in [0.5, 0.6) is 0 Å². The summed E-state index contributed by atoms with van der Waals surface area (Å²) >= 11 is 0. The van der Waals surface area contributed by atoms with Crippen LogP contribution >= 0.6 is 0 Å². The quantitative estimate of drug-likeness (QED) is 0.850. The Kier molecular flexibility index (Phi) is 4.92. The number of pyridine rings is 1. The predicted octanol–water partition coefficient (Wildman–Crippen LogP) is 1.95. The molecule has 3 rings (SSSR count). The van der Waals surface area contributed by atoms with Crippen molar-refractivity contribution in [3.05, 3.63) is 29.8 Å². The Hall–Kier alpha value is -1.53. The second-order valence-electron chi connectivity index (χ2n) is 6.34. The SMILES string of the molecule is CCOC1COC2(CCCN(C(=O)Cc3ccc(F)cn3)C2)C1. The minimum atomic E-state index is -0.389. The van der Waals surface area contributed by atoms with E-state index in [9.17, 15) is 9.18 Å². The molecule has 1 aromatic rings. The van der Waals surface area contributed by atoms with Gasteiger partial charge in [-0.3, -0.25) is 9.78 Å². The highest BCUT2D eigenvalue weighted by atomic mass is 19.1. The number of likely N-dealkylation sites (tertiary alicyclic amines) is 1. The van der Waals surface area contributed by atoms with Crippen LogP contribution in [0.3, 0.4) is 0 Å². The van der Waals surface area contributed by atoms with E-state index in [-0.39, 0.29) is 29.9 Å². The van der Waals surface area contributed by atoms with Gasteiger partial charge in [-0.25, -0.2) is 4.39 Å². The summed E-state index contributed by atoms with van der Waals surface area (Å²) in [5.41, 5.74) is 0.333. The number of amides is 1. The normalized spacial score (nSPS) is 27.6. The number of carbonyl (C=O) groups excluding carboxylic acids is 1. The zero-order valence-electron chi connectivity index (χ0n) is 13.5. The fourth-order valence-corrected chi connectivity index (χ4v) is 3.52. The van der Waals surface area contributed by atoms with Crippen LogP contribution in [0, 0.1) is 5.82 Å². The number of hydrogen-bond acceptors (Lipinski definition) is 4. The Balaban J connectivity index is 1.60. The van der Waals surface area contributed by atoms with Gasteiger partial charge < -0.3 is 14.4 Å². The maximum absolute atomic E-state index is 12.9. The minimum absolute atomic E-state index is 0.0200. The molecule has 3 heterocycles.